The highest BCUT2D eigenvalue weighted by Crippen LogP contribution is 2.50. The standard InChI is InChI=1S/C9H12O/c10-5-4-7-2-1-3-8-6-9(7)8/h1,3,5,7-9H,2,4,6H2/t7-,8-,9-/m1/s1. The molecule has 0 aromatic rings. The lowest BCUT2D eigenvalue weighted by Crippen LogP contribution is -2.06. The molecule has 0 bridgehead atoms. The Bertz CT molecular complexity index is 172. The van der Waals surface area contributed by atoms with Gasteiger partial charge in [-0.2, -0.15) is 0 Å². The normalized spacial score (nSPS) is 42.6. The fourth-order valence-corrected chi connectivity index (χ4v) is 2.00. The monoisotopic (exact) mass is 136 g/mol. The molecule has 0 radical (unpaired) electrons. The van der Waals surface area contributed by atoms with Gasteiger partial charge in [-0.05, 0) is 30.6 Å². The van der Waals surface area contributed by atoms with Crippen LogP contribution in [-0.2, 0) is 4.79 Å². The van der Waals surface area contributed by atoms with E-state index in [0.29, 0.717) is 5.92 Å². The van der Waals surface area contributed by atoms with Gasteiger partial charge in [0.25, 0.3) is 0 Å². The van der Waals surface area contributed by atoms with E-state index >= 15 is 0 Å². The van der Waals surface area contributed by atoms with E-state index in [-0.39, 0.29) is 0 Å². The minimum atomic E-state index is 0.687. The molecule has 3 atom stereocenters. The van der Waals surface area contributed by atoms with E-state index in [9.17, 15) is 4.79 Å². The van der Waals surface area contributed by atoms with Crippen molar-refractivity contribution in [2.45, 2.75) is 19.3 Å². The molecule has 0 aromatic heterocycles. The van der Waals surface area contributed by atoms with Gasteiger partial charge in [0.1, 0.15) is 6.29 Å². The molecule has 1 heteroatoms. The van der Waals surface area contributed by atoms with Gasteiger partial charge in [0.05, 0.1) is 0 Å². The molecule has 0 unspecified atom stereocenters. The molecule has 54 valence electrons. The fourth-order valence-electron chi connectivity index (χ4n) is 2.00. The van der Waals surface area contributed by atoms with Crippen LogP contribution in [0.4, 0.5) is 0 Å². The molecule has 1 fully saturated rings. The van der Waals surface area contributed by atoms with Crippen LogP contribution in [-0.4, -0.2) is 6.29 Å². The summed E-state index contributed by atoms with van der Waals surface area (Å²) in [5, 5.41) is 0. The van der Waals surface area contributed by atoms with Crippen LogP contribution in [0.5, 0.6) is 0 Å². The molecule has 10 heavy (non-hydrogen) atoms. The molecule has 0 N–H and O–H groups in total. The third-order valence-electron chi connectivity index (χ3n) is 2.72. The van der Waals surface area contributed by atoms with E-state index in [1.807, 2.05) is 0 Å². The minimum Gasteiger partial charge on any atom is -0.303 e. The maximum Gasteiger partial charge on any atom is 0.120 e. The van der Waals surface area contributed by atoms with Crippen molar-refractivity contribution in [3.8, 4) is 0 Å². The molecule has 0 saturated heterocycles. The van der Waals surface area contributed by atoms with Gasteiger partial charge in [-0.3, -0.25) is 0 Å². The van der Waals surface area contributed by atoms with Crippen molar-refractivity contribution >= 4 is 6.29 Å². The molecule has 1 saturated carbocycles. The van der Waals surface area contributed by atoms with Crippen LogP contribution < -0.4 is 0 Å². The van der Waals surface area contributed by atoms with Crippen LogP contribution in [0.3, 0.4) is 0 Å². The average molecular weight is 136 g/mol. The molecule has 2 rings (SSSR count). The molecule has 0 aromatic carbocycles. The van der Waals surface area contributed by atoms with E-state index in [1.54, 1.807) is 0 Å². The Morgan fingerprint density at radius 1 is 1.60 bits per heavy atom. The summed E-state index contributed by atoms with van der Waals surface area (Å²) in [4.78, 5) is 10.2. The lowest BCUT2D eigenvalue weighted by Gasteiger charge is -2.13. The van der Waals surface area contributed by atoms with Gasteiger partial charge in [-0.25, -0.2) is 0 Å². The predicted molar refractivity (Wildman–Crippen MR) is 39.5 cm³/mol. The zero-order valence-electron chi connectivity index (χ0n) is 5.99. The first-order valence-corrected chi connectivity index (χ1v) is 4.02. The highest BCUT2D eigenvalue weighted by Gasteiger charge is 2.42. The van der Waals surface area contributed by atoms with Crippen LogP contribution in [0.2, 0.25) is 0 Å². The van der Waals surface area contributed by atoms with Crippen molar-refractivity contribution in [1.29, 1.82) is 0 Å². The van der Waals surface area contributed by atoms with Crippen molar-refractivity contribution in [3.05, 3.63) is 12.2 Å². The molecule has 0 aliphatic heterocycles. The van der Waals surface area contributed by atoms with Crippen molar-refractivity contribution in [3.63, 3.8) is 0 Å². The molecular formula is C9H12O. The lowest BCUT2D eigenvalue weighted by atomic mass is 9.91. The van der Waals surface area contributed by atoms with Gasteiger partial charge < -0.3 is 4.79 Å². The highest BCUT2D eigenvalue weighted by atomic mass is 16.1. The first kappa shape index (κ1) is 6.14. The second-order valence-electron chi connectivity index (χ2n) is 3.39. The average Bonchev–Trinajstić information content (AvgIpc) is 2.67. The van der Waals surface area contributed by atoms with Crippen molar-refractivity contribution < 1.29 is 4.79 Å². The number of hydrogen-bond acceptors (Lipinski definition) is 1. The third kappa shape index (κ3) is 0.898. The van der Waals surface area contributed by atoms with Crippen molar-refractivity contribution in [2.24, 2.45) is 17.8 Å². The SMILES string of the molecule is O=CC[C@H]1CC=C[C@@H]2C[C@H]12. The van der Waals surface area contributed by atoms with E-state index in [4.69, 9.17) is 0 Å². The fraction of sp³-hybridized carbons (Fsp3) is 0.667. The summed E-state index contributed by atoms with van der Waals surface area (Å²) in [5.74, 6) is 2.40. The Balaban J connectivity index is 1.98. The molecule has 2 aliphatic rings. The van der Waals surface area contributed by atoms with Gasteiger partial charge in [-0.1, -0.05) is 12.2 Å². The van der Waals surface area contributed by atoms with Gasteiger partial charge >= 0.3 is 0 Å². The third-order valence-corrected chi connectivity index (χ3v) is 2.72. The van der Waals surface area contributed by atoms with E-state index < -0.39 is 0 Å². The number of fused-ring (bicyclic) bond motifs is 1. The number of carbonyl (C=O) groups excluding carboxylic acids is 1. The van der Waals surface area contributed by atoms with Crippen molar-refractivity contribution in [1.82, 2.24) is 0 Å². The van der Waals surface area contributed by atoms with Crippen LogP contribution in [0.1, 0.15) is 19.3 Å². The second kappa shape index (κ2) is 2.22. The zero-order chi connectivity index (χ0) is 6.97. The van der Waals surface area contributed by atoms with Gasteiger partial charge in [0, 0.05) is 6.42 Å². The van der Waals surface area contributed by atoms with Gasteiger partial charge in [-0.15, -0.1) is 0 Å². The van der Waals surface area contributed by atoms with E-state index in [1.165, 1.54) is 6.42 Å². The largest absolute Gasteiger partial charge is 0.303 e. The molecular weight excluding hydrogens is 124 g/mol. The zero-order valence-corrected chi connectivity index (χ0v) is 5.99. The Kier molecular flexibility index (Phi) is 1.37. The number of allylic oxidation sites excluding steroid dienone is 2. The summed E-state index contributed by atoms with van der Waals surface area (Å²) in [6.45, 7) is 0. The Morgan fingerprint density at radius 3 is 3.30 bits per heavy atom. The summed E-state index contributed by atoms with van der Waals surface area (Å²) in [6.07, 6.45) is 8.88. The molecule has 2 aliphatic carbocycles. The predicted octanol–water partition coefficient (Wildman–Crippen LogP) is 1.79. The highest BCUT2D eigenvalue weighted by molar-refractivity contribution is 5.50. The summed E-state index contributed by atoms with van der Waals surface area (Å²) >= 11 is 0. The van der Waals surface area contributed by atoms with Gasteiger partial charge in [0.2, 0.25) is 0 Å². The minimum absolute atomic E-state index is 0.687. The van der Waals surface area contributed by atoms with Gasteiger partial charge in [0.15, 0.2) is 0 Å². The lowest BCUT2D eigenvalue weighted by molar-refractivity contribution is -0.108. The molecule has 0 spiro atoms. The van der Waals surface area contributed by atoms with Crippen LogP contribution >= 0.6 is 0 Å². The number of carbonyl (C=O) groups is 1. The van der Waals surface area contributed by atoms with E-state index in [2.05, 4.69) is 12.2 Å². The number of aldehydes is 1. The summed E-state index contributed by atoms with van der Waals surface area (Å²) in [6, 6.07) is 0. The first-order chi connectivity index (χ1) is 4.92. The van der Waals surface area contributed by atoms with Crippen LogP contribution in [0.25, 0.3) is 0 Å². The quantitative estimate of drug-likeness (QED) is 0.418. The Labute approximate surface area is 61.1 Å². The topological polar surface area (TPSA) is 17.1 Å². The number of rotatable bonds is 2. The second-order valence-corrected chi connectivity index (χ2v) is 3.39. The molecule has 0 heterocycles. The van der Waals surface area contributed by atoms with E-state index in [0.717, 1.165) is 31.0 Å². The molecule has 0 amide bonds. The summed E-state index contributed by atoms with van der Waals surface area (Å²) in [5.41, 5.74) is 0. The Morgan fingerprint density at radius 2 is 2.50 bits per heavy atom. The maximum atomic E-state index is 10.2. The molecule has 1 nitrogen and oxygen atoms in total. The number of hydrogen-bond donors (Lipinski definition) is 0. The Hall–Kier alpha value is -0.590. The van der Waals surface area contributed by atoms with Crippen LogP contribution in [0, 0.1) is 17.8 Å². The maximum absolute atomic E-state index is 10.2. The summed E-state index contributed by atoms with van der Waals surface area (Å²) < 4.78 is 0. The summed E-state index contributed by atoms with van der Waals surface area (Å²) in [7, 11) is 0. The van der Waals surface area contributed by atoms with Crippen LogP contribution in [0.15, 0.2) is 12.2 Å². The van der Waals surface area contributed by atoms with Crippen molar-refractivity contribution in [2.75, 3.05) is 0 Å². The smallest absolute Gasteiger partial charge is 0.120 e. The first-order valence-electron chi connectivity index (χ1n) is 4.02.